The molecule has 0 nitrogen and oxygen atoms in total. The third-order valence-electron chi connectivity index (χ3n) is 9.43. The Balaban J connectivity index is 0.00000124. The Hall–Kier alpha value is -1.44. The first-order chi connectivity index (χ1) is 14.3. The molecule has 0 aliphatic heterocycles. The molecule has 30 heavy (non-hydrogen) atoms. The molecule has 0 heteroatoms. The Morgan fingerprint density at radius 2 is 1.83 bits per heavy atom. The summed E-state index contributed by atoms with van der Waals surface area (Å²) >= 11 is 0. The van der Waals surface area contributed by atoms with E-state index in [0.717, 1.165) is 17.8 Å². The van der Waals surface area contributed by atoms with Crippen molar-refractivity contribution >= 4 is 0 Å². The van der Waals surface area contributed by atoms with E-state index < -0.39 is 0 Å². The monoisotopic (exact) mass is 404 g/mol. The molecule has 6 atom stereocenters. The van der Waals surface area contributed by atoms with Gasteiger partial charge in [0.05, 0.1) is 0 Å². The fraction of sp³-hybridized carbons (Fsp3) is 0.700. The molecular formula is C30H44. The largest absolute Gasteiger partial charge is 0.124 e. The molecule has 0 N–H and O–H groups in total. The van der Waals surface area contributed by atoms with Crippen LogP contribution in [0.3, 0.4) is 0 Å². The first-order valence-electron chi connectivity index (χ1n) is 12.5. The predicted molar refractivity (Wildman–Crippen MR) is 131 cm³/mol. The number of terminal acetylenes is 1. The van der Waals surface area contributed by atoms with E-state index >= 15 is 0 Å². The molecule has 3 saturated carbocycles. The van der Waals surface area contributed by atoms with Gasteiger partial charge in [0.25, 0.3) is 0 Å². The topological polar surface area (TPSA) is 0 Å². The summed E-state index contributed by atoms with van der Waals surface area (Å²) in [5, 5.41) is 0. The second-order valence-electron chi connectivity index (χ2n) is 11.5. The van der Waals surface area contributed by atoms with Crippen LogP contribution in [0.4, 0.5) is 0 Å². The van der Waals surface area contributed by atoms with Crippen LogP contribution >= 0.6 is 0 Å². The van der Waals surface area contributed by atoms with Crippen LogP contribution in [0.25, 0.3) is 0 Å². The molecule has 0 saturated heterocycles. The summed E-state index contributed by atoms with van der Waals surface area (Å²) in [5.41, 5.74) is 8.15. The molecule has 0 radical (unpaired) electrons. The van der Waals surface area contributed by atoms with E-state index in [1.807, 2.05) is 0 Å². The lowest BCUT2D eigenvalue weighted by atomic mass is 9.42. The van der Waals surface area contributed by atoms with Crippen LogP contribution < -0.4 is 0 Å². The molecule has 0 aromatic heterocycles. The number of allylic oxidation sites excluding steroid dienone is 5. The Morgan fingerprint density at radius 1 is 1.07 bits per heavy atom. The zero-order valence-electron chi connectivity index (χ0n) is 20.3. The van der Waals surface area contributed by atoms with Crippen molar-refractivity contribution in [1.29, 1.82) is 0 Å². The highest BCUT2D eigenvalue weighted by atomic mass is 14.6. The van der Waals surface area contributed by atoms with Crippen molar-refractivity contribution in [3.63, 3.8) is 0 Å². The Bertz CT molecular complexity index is 769. The SMILES string of the molecule is C#C.CCCC=CC1=C=CC=C2[C@@](C)(CCC3[C@@H]4C[C@@H](C)CCC4(C)CC[C@]23C)C1. The van der Waals surface area contributed by atoms with Gasteiger partial charge in [0.1, 0.15) is 0 Å². The van der Waals surface area contributed by atoms with Gasteiger partial charge in [-0.2, -0.15) is 0 Å². The summed E-state index contributed by atoms with van der Waals surface area (Å²) in [5.74, 6) is 2.75. The number of hydrogen-bond acceptors (Lipinski definition) is 0. The molecule has 4 rings (SSSR count). The highest BCUT2D eigenvalue weighted by Gasteiger charge is 2.58. The predicted octanol–water partition coefficient (Wildman–Crippen LogP) is 8.66. The average molecular weight is 405 g/mol. The quantitative estimate of drug-likeness (QED) is 0.326. The van der Waals surface area contributed by atoms with Gasteiger partial charge < -0.3 is 0 Å². The highest BCUT2D eigenvalue weighted by molar-refractivity contribution is 5.37. The van der Waals surface area contributed by atoms with Crippen LogP contribution in [0.2, 0.25) is 0 Å². The van der Waals surface area contributed by atoms with E-state index in [-0.39, 0.29) is 0 Å². The molecular weight excluding hydrogens is 360 g/mol. The first-order valence-corrected chi connectivity index (χ1v) is 12.5. The molecule has 0 heterocycles. The van der Waals surface area contributed by atoms with E-state index in [4.69, 9.17) is 0 Å². The molecule has 0 bridgehead atoms. The second-order valence-corrected chi connectivity index (χ2v) is 11.5. The number of rotatable bonds is 3. The van der Waals surface area contributed by atoms with Crippen molar-refractivity contribution in [1.82, 2.24) is 0 Å². The van der Waals surface area contributed by atoms with Gasteiger partial charge in [0.15, 0.2) is 0 Å². The van der Waals surface area contributed by atoms with Crippen molar-refractivity contribution in [2.75, 3.05) is 0 Å². The van der Waals surface area contributed by atoms with Gasteiger partial charge in [0.2, 0.25) is 0 Å². The van der Waals surface area contributed by atoms with E-state index in [1.54, 1.807) is 5.57 Å². The molecule has 4 aliphatic carbocycles. The van der Waals surface area contributed by atoms with Crippen LogP contribution in [0.1, 0.15) is 98.8 Å². The standard InChI is InChI=1S/C28H42.C2H2/c1-6-7-8-10-22-11-9-12-25-27(4,20-22)16-14-23-24-19-21(2)13-15-26(24,3)17-18-28(23,25)5;1-2/h8-10,12,21,23-24H,6-7,13-20H2,1-5H3;1-2H/t21-,23?,24-,26?,27-,28-;/m0./s1. The normalized spacial score (nSPS) is 42.6. The number of fused-ring (bicyclic) bond motifs is 5. The summed E-state index contributed by atoms with van der Waals surface area (Å²) in [4.78, 5) is 0. The lowest BCUT2D eigenvalue weighted by Gasteiger charge is -2.63. The van der Waals surface area contributed by atoms with Crippen LogP contribution in [0.5, 0.6) is 0 Å². The van der Waals surface area contributed by atoms with Gasteiger partial charge in [0, 0.05) is 0 Å². The van der Waals surface area contributed by atoms with Gasteiger partial charge in [-0.15, -0.1) is 18.6 Å². The Labute approximate surface area is 187 Å². The Kier molecular flexibility index (Phi) is 6.94. The van der Waals surface area contributed by atoms with Crippen molar-refractivity contribution in [3.05, 3.63) is 41.2 Å². The molecule has 4 aliphatic rings. The van der Waals surface area contributed by atoms with Crippen LogP contribution in [-0.4, -0.2) is 0 Å². The summed E-state index contributed by atoms with van der Waals surface area (Å²) in [6.45, 7) is 12.6. The van der Waals surface area contributed by atoms with Gasteiger partial charge in [-0.3, -0.25) is 0 Å². The summed E-state index contributed by atoms with van der Waals surface area (Å²) in [7, 11) is 0. The molecule has 0 amide bonds. The fourth-order valence-corrected chi connectivity index (χ4v) is 7.66. The summed E-state index contributed by atoms with van der Waals surface area (Å²) < 4.78 is 0. The van der Waals surface area contributed by atoms with E-state index in [9.17, 15) is 0 Å². The minimum absolute atomic E-state index is 0.325. The minimum Gasteiger partial charge on any atom is -0.124 e. The van der Waals surface area contributed by atoms with E-state index in [1.165, 1.54) is 69.8 Å². The summed E-state index contributed by atoms with van der Waals surface area (Å²) in [6, 6.07) is 0. The van der Waals surface area contributed by atoms with Gasteiger partial charge in [-0.05, 0) is 97.0 Å². The summed E-state index contributed by atoms with van der Waals surface area (Å²) in [6.07, 6.45) is 31.1. The van der Waals surface area contributed by atoms with Crippen molar-refractivity contribution < 1.29 is 0 Å². The zero-order chi connectivity index (χ0) is 22.0. The molecule has 3 fully saturated rings. The average Bonchev–Trinajstić information content (AvgIpc) is 2.90. The fourth-order valence-electron chi connectivity index (χ4n) is 7.66. The van der Waals surface area contributed by atoms with Crippen LogP contribution in [0.15, 0.2) is 41.2 Å². The number of hydrogen-bond donors (Lipinski definition) is 0. The van der Waals surface area contributed by atoms with Gasteiger partial charge >= 0.3 is 0 Å². The van der Waals surface area contributed by atoms with Crippen molar-refractivity contribution in [3.8, 4) is 12.8 Å². The van der Waals surface area contributed by atoms with Gasteiger partial charge in [-0.1, -0.05) is 71.3 Å². The highest BCUT2D eigenvalue weighted by Crippen LogP contribution is 2.68. The smallest absolute Gasteiger partial charge is 0.00549 e. The molecule has 164 valence electrons. The Morgan fingerprint density at radius 3 is 2.57 bits per heavy atom. The maximum absolute atomic E-state index is 4.00. The van der Waals surface area contributed by atoms with Crippen LogP contribution in [-0.2, 0) is 0 Å². The maximum Gasteiger partial charge on any atom is -0.00549 e. The van der Waals surface area contributed by atoms with Crippen molar-refractivity contribution in [2.45, 2.75) is 98.8 Å². The van der Waals surface area contributed by atoms with Crippen molar-refractivity contribution in [2.24, 2.45) is 34.0 Å². The van der Waals surface area contributed by atoms with E-state index in [2.05, 4.69) is 77.5 Å². The molecule has 0 aromatic rings. The van der Waals surface area contributed by atoms with Crippen LogP contribution in [0, 0.1) is 46.8 Å². The third-order valence-corrected chi connectivity index (χ3v) is 9.43. The lowest BCUT2D eigenvalue weighted by Crippen LogP contribution is -2.54. The zero-order valence-corrected chi connectivity index (χ0v) is 20.3. The lowest BCUT2D eigenvalue weighted by molar-refractivity contribution is -0.0869. The van der Waals surface area contributed by atoms with Gasteiger partial charge in [-0.25, -0.2) is 0 Å². The number of unbranched alkanes of at least 4 members (excludes halogenated alkanes) is 1. The third kappa shape index (κ3) is 4.04. The maximum atomic E-state index is 4.00. The first kappa shape index (κ1) is 23.2. The molecule has 2 unspecified atom stereocenters. The molecule has 0 aromatic carbocycles. The second kappa shape index (κ2) is 8.97. The van der Waals surface area contributed by atoms with E-state index in [0.29, 0.717) is 16.2 Å². The molecule has 0 spiro atoms. The minimum atomic E-state index is 0.325.